The molecule has 0 fully saturated rings. The average molecular weight is 288 g/mol. The first-order chi connectivity index (χ1) is 8.88. The van der Waals surface area contributed by atoms with E-state index in [0.717, 1.165) is 18.2 Å². The molecule has 0 bridgehead atoms. The summed E-state index contributed by atoms with van der Waals surface area (Å²) < 4.78 is 37.4. The summed E-state index contributed by atoms with van der Waals surface area (Å²) >= 11 is 1.48. The highest BCUT2D eigenvalue weighted by atomic mass is 32.2. The molecule has 1 rings (SSSR count). The summed E-state index contributed by atoms with van der Waals surface area (Å²) in [5, 5.41) is 11.3. The van der Waals surface area contributed by atoms with Crippen molar-refractivity contribution in [2.45, 2.75) is 12.6 Å². The van der Waals surface area contributed by atoms with Gasteiger partial charge in [0.15, 0.2) is 0 Å². The van der Waals surface area contributed by atoms with E-state index in [2.05, 4.69) is 5.32 Å². The lowest BCUT2D eigenvalue weighted by molar-refractivity contribution is -0.137. The van der Waals surface area contributed by atoms with Gasteiger partial charge in [0.05, 0.1) is 16.8 Å². The predicted octanol–water partition coefficient (Wildman–Crippen LogP) is 3.27. The van der Waals surface area contributed by atoms with Crippen LogP contribution < -0.4 is 5.32 Å². The number of nitrogens with one attached hydrogen (secondary N) is 1. The number of benzene rings is 1. The van der Waals surface area contributed by atoms with Crippen molar-refractivity contribution in [2.24, 2.45) is 0 Å². The number of halogens is 3. The quantitative estimate of drug-likeness (QED) is 0.925. The third-order valence-electron chi connectivity index (χ3n) is 2.27. The van der Waals surface area contributed by atoms with Crippen molar-refractivity contribution >= 4 is 23.4 Å². The van der Waals surface area contributed by atoms with Crippen molar-refractivity contribution in [3.8, 4) is 6.07 Å². The second kappa shape index (κ2) is 6.48. The zero-order chi connectivity index (χ0) is 14.5. The molecule has 1 amide bonds. The van der Waals surface area contributed by atoms with Crippen molar-refractivity contribution in [3.05, 3.63) is 29.3 Å². The Hall–Kier alpha value is -1.68. The van der Waals surface area contributed by atoms with Gasteiger partial charge in [-0.05, 0) is 24.5 Å². The van der Waals surface area contributed by atoms with Crippen LogP contribution in [0.2, 0.25) is 0 Å². The molecule has 0 radical (unpaired) electrons. The monoisotopic (exact) mass is 288 g/mol. The molecular weight excluding hydrogens is 277 g/mol. The lowest BCUT2D eigenvalue weighted by atomic mass is 10.1. The smallest absolute Gasteiger partial charge is 0.325 e. The van der Waals surface area contributed by atoms with Crippen molar-refractivity contribution < 1.29 is 18.0 Å². The van der Waals surface area contributed by atoms with Crippen LogP contribution in [0.4, 0.5) is 18.9 Å². The Morgan fingerprint density at radius 3 is 2.68 bits per heavy atom. The number of alkyl halides is 3. The minimum Gasteiger partial charge on any atom is -0.325 e. The fourth-order valence-corrected chi connectivity index (χ4v) is 1.72. The SMILES string of the molecule is CSCCC(=O)Nc1ccc(C(F)(F)F)cc1C#N. The summed E-state index contributed by atoms with van der Waals surface area (Å²) in [4.78, 5) is 11.5. The largest absolute Gasteiger partial charge is 0.416 e. The Morgan fingerprint density at radius 2 is 2.16 bits per heavy atom. The molecule has 0 heterocycles. The van der Waals surface area contributed by atoms with Gasteiger partial charge in [-0.3, -0.25) is 4.79 Å². The molecule has 0 unspecified atom stereocenters. The molecule has 0 atom stereocenters. The fourth-order valence-electron chi connectivity index (χ4n) is 1.33. The van der Waals surface area contributed by atoms with E-state index in [-0.39, 0.29) is 23.6 Å². The van der Waals surface area contributed by atoms with E-state index in [9.17, 15) is 18.0 Å². The van der Waals surface area contributed by atoms with E-state index in [1.165, 1.54) is 11.8 Å². The van der Waals surface area contributed by atoms with E-state index >= 15 is 0 Å². The van der Waals surface area contributed by atoms with Crippen LogP contribution in [0.25, 0.3) is 0 Å². The van der Waals surface area contributed by atoms with E-state index in [4.69, 9.17) is 5.26 Å². The second-order valence-corrected chi connectivity index (χ2v) is 4.65. The number of carbonyl (C=O) groups is 1. The Labute approximate surface area is 112 Å². The summed E-state index contributed by atoms with van der Waals surface area (Å²) in [6.07, 6.45) is -2.42. The number of carbonyl (C=O) groups excluding carboxylic acids is 1. The molecule has 1 aromatic carbocycles. The Bertz CT molecular complexity index is 509. The highest BCUT2D eigenvalue weighted by molar-refractivity contribution is 7.98. The van der Waals surface area contributed by atoms with E-state index < -0.39 is 11.7 Å². The molecule has 0 saturated carbocycles. The van der Waals surface area contributed by atoms with Gasteiger partial charge in [-0.15, -0.1) is 0 Å². The van der Waals surface area contributed by atoms with Crippen LogP contribution in [0.15, 0.2) is 18.2 Å². The summed E-state index contributed by atoms with van der Waals surface area (Å²) in [7, 11) is 0. The van der Waals surface area contributed by atoms with Gasteiger partial charge in [0.2, 0.25) is 5.91 Å². The Balaban J connectivity index is 2.92. The van der Waals surface area contributed by atoms with Gasteiger partial charge < -0.3 is 5.32 Å². The summed E-state index contributed by atoms with van der Waals surface area (Å²) in [5.74, 6) is 0.277. The minimum absolute atomic E-state index is 0.0987. The molecule has 102 valence electrons. The topological polar surface area (TPSA) is 52.9 Å². The third kappa shape index (κ3) is 4.48. The van der Waals surface area contributed by atoms with Crippen LogP contribution in [-0.2, 0) is 11.0 Å². The molecule has 0 aliphatic carbocycles. The van der Waals surface area contributed by atoms with Gasteiger partial charge in [0.1, 0.15) is 6.07 Å². The third-order valence-corrected chi connectivity index (χ3v) is 2.89. The van der Waals surface area contributed by atoms with Crippen molar-refractivity contribution in [1.82, 2.24) is 0 Å². The number of thioether (sulfide) groups is 1. The molecule has 1 aromatic rings. The maximum atomic E-state index is 12.5. The standard InChI is InChI=1S/C12H11F3N2OS/c1-19-5-4-11(18)17-10-3-2-9(12(13,14)15)6-8(10)7-16/h2-3,6H,4-5H2,1H3,(H,17,18). The molecule has 0 aliphatic heterocycles. The minimum atomic E-state index is -4.51. The predicted molar refractivity (Wildman–Crippen MR) is 67.8 cm³/mol. The van der Waals surface area contributed by atoms with Crippen LogP contribution in [0.3, 0.4) is 0 Å². The van der Waals surface area contributed by atoms with Crippen molar-refractivity contribution in [1.29, 1.82) is 5.26 Å². The second-order valence-electron chi connectivity index (χ2n) is 3.66. The molecule has 19 heavy (non-hydrogen) atoms. The van der Waals surface area contributed by atoms with Crippen LogP contribution in [0, 0.1) is 11.3 Å². The van der Waals surface area contributed by atoms with Gasteiger partial charge in [0, 0.05) is 12.2 Å². The van der Waals surface area contributed by atoms with Crippen molar-refractivity contribution in [3.63, 3.8) is 0 Å². The van der Waals surface area contributed by atoms with Gasteiger partial charge >= 0.3 is 6.18 Å². The maximum Gasteiger partial charge on any atom is 0.416 e. The van der Waals surface area contributed by atoms with Gasteiger partial charge in [-0.1, -0.05) is 0 Å². The number of hydrogen-bond donors (Lipinski definition) is 1. The summed E-state index contributed by atoms with van der Waals surface area (Å²) in [6, 6.07) is 4.31. The zero-order valence-corrected chi connectivity index (χ0v) is 10.9. The highest BCUT2D eigenvalue weighted by Gasteiger charge is 2.31. The van der Waals surface area contributed by atoms with E-state index in [1.54, 1.807) is 6.07 Å². The molecule has 0 saturated heterocycles. The number of amides is 1. The van der Waals surface area contributed by atoms with Crippen LogP contribution in [0.1, 0.15) is 17.5 Å². The molecule has 0 aromatic heterocycles. The Kier molecular flexibility index (Phi) is 5.24. The number of anilines is 1. The van der Waals surface area contributed by atoms with Crippen molar-refractivity contribution in [2.75, 3.05) is 17.3 Å². The lowest BCUT2D eigenvalue weighted by Crippen LogP contribution is -2.14. The highest BCUT2D eigenvalue weighted by Crippen LogP contribution is 2.31. The molecule has 0 spiro atoms. The first-order valence-corrected chi connectivity index (χ1v) is 6.68. The lowest BCUT2D eigenvalue weighted by Gasteiger charge is -2.10. The number of nitrogens with zero attached hydrogens (tertiary/aromatic N) is 1. The normalized spacial score (nSPS) is 10.9. The first kappa shape index (κ1) is 15.4. The van der Waals surface area contributed by atoms with Crippen LogP contribution in [0.5, 0.6) is 0 Å². The van der Waals surface area contributed by atoms with Gasteiger partial charge in [-0.2, -0.15) is 30.2 Å². The summed E-state index contributed by atoms with van der Waals surface area (Å²) in [6.45, 7) is 0. The van der Waals surface area contributed by atoms with Gasteiger partial charge in [0.25, 0.3) is 0 Å². The number of hydrogen-bond acceptors (Lipinski definition) is 3. The van der Waals surface area contributed by atoms with E-state index in [0.29, 0.717) is 5.75 Å². The van der Waals surface area contributed by atoms with E-state index in [1.807, 2.05) is 6.26 Å². The number of rotatable bonds is 4. The zero-order valence-electron chi connectivity index (χ0n) is 10.0. The van der Waals surface area contributed by atoms with Gasteiger partial charge in [-0.25, -0.2) is 0 Å². The first-order valence-electron chi connectivity index (χ1n) is 5.28. The molecule has 7 heteroatoms. The fraction of sp³-hybridized carbons (Fsp3) is 0.333. The van der Waals surface area contributed by atoms with Crippen LogP contribution >= 0.6 is 11.8 Å². The molecular formula is C12H11F3N2OS. The number of nitriles is 1. The maximum absolute atomic E-state index is 12.5. The Morgan fingerprint density at radius 1 is 1.47 bits per heavy atom. The summed E-state index contributed by atoms with van der Waals surface area (Å²) in [5.41, 5.74) is -1.01. The average Bonchev–Trinajstić information content (AvgIpc) is 2.35. The molecule has 0 aliphatic rings. The van der Waals surface area contributed by atoms with Crippen LogP contribution in [-0.4, -0.2) is 17.9 Å². The molecule has 3 nitrogen and oxygen atoms in total. The molecule has 1 N–H and O–H groups in total.